The number of ether oxygens (including phenoxy) is 2. The van der Waals surface area contributed by atoms with Crippen LogP contribution in [0.1, 0.15) is 61.1 Å². The monoisotopic (exact) mass is 559 g/mol. The Morgan fingerprint density at radius 3 is 2.20 bits per heavy atom. The number of benzene rings is 2. The number of likely N-dealkylation sites (tertiary alicyclic amines) is 1. The minimum absolute atomic E-state index is 0.0314. The lowest BCUT2D eigenvalue weighted by atomic mass is 9.88. The number of methoxy groups -OCH3 is 1. The molecule has 0 spiro atoms. The van der Waals surface area contributed by atoms with Crippen molar-refractivity contribution in [3.8, 4) is 34.3 Å². The highest BCUT2D eigenvalue weighted by molar-refractivity contribution is 6.12. The summed E-state index contributed by atoms with van der Waals surface area (Å²) in [6.07, 6.45) is 2.09. The fourth-order valence-electron chi connectivity index (χ4n) is 5.13. The molecule has 2 aromatic heterocycles. The second kappa shape index (κ2) is 11.0. The van der Waals surface area contributed by atoms with Crippen molar-refractivity contribution in [3.63, 3.8) is 0 Å². The number of ketones is 1. The van der Waals surface area contributed by atoms with Crippen molar-refractivity contribution in [1.82, 2.24) is 14.6 Å². The normalized spacial score (nSPS) is 14.2. The molecule has 214 valence electrons. The third kappa shape index (κ3) is 5.63. The van der Waals surface area contributed by atoms with Crippen molar-refractivity contribution < 1.29 is 33.8 Å². The van der Waals surface area contributed by atoms with Gasteiger partial charge in [0.1, 0.15) is 23.3 Å². The van der Waals surface area contributed by atoms with Gasteiger partial charge in [-0.05, 0) is 70.0 Å². The number of nitrogens with zero attached hydrogens (tertiary/aromatic N) is 3. The molecular weight excluding hydrogens is 526 g/mol. The highest BCUT2D eigenvalue weighted by Gasteiger charge is 2.36. The summed E-state index contributed by atoms with van der Waals surface area (Å²) in [4.78, 5) is 28.2. The lowest BCUT2D eigenvalue weighted by molar-refractivity contribution is 0.0203. The second-order valence-electron chi connectivity index (χ2n) is 11.0. The van der Waals surface area contributed by atoms with Crippen LogP contribution in [0.5, 0.6) is 17.4 Å². The van der Waals surface area contributed by atoms with Crippen LogP contribution >= 0.6 is 0 Å². The number of carbonyl (C=O) groups is 2. The van der Waals surface area contributed by atoms with E-state index in [0.29, 0.717) is 54.3 Å². The van der Waals surface area contributed by atoms with E-state index in [2.05, 4.69) is 5.16 Å². The summed E-state index contributed by atoms with van der Waals surface area (Å²) in [5.41, 5.74) is 2.26. The van der Waals surface area contributed by atoms with Crippen LogP contribution in [0.2, 0.25) is 0 Å². The van der Waals surface area contributed by atoms with Gasteiger partial charge in [0.2, 0.25) is 5.88 Å². The summed E-state index contributed by atoms with van der Waals surface area (Å²) >= 11 is 0. The number of piperidine rings is 1. The molecule has 1 saturated heterocycles. The van der Waals surface area contributed by atoms with Crippen molar-refractivity contribution in [2.75, 3.05) is 20.2 Å². The number of aromatic nitrogens is 2. The SMILES string of the molecule is COc1ccc(C(=O)c2c(O)c(O)n(-c3ccc(-c4ccon4)cc3)c2C2CCN(C(=O)OC(C)(C)C)CC2)cc1. The minimum atomic E-state index is -0.615. The quantitative estimate of drug-likeness (QED) is 0.280. The Kier molecular flexibility index (Phi) is 7.49. The molecule has 1 fully saturated rings. The third-order valence-corrected chi connectivity index (χ3v) is 7.13. The Morgan fingerprint density at radius 2 is 1.63 bits per heavy atom. The maximum atomic E-state index is 13.8. The number of aromatic hydroxyl groups is 2. The topological polar surface area (TPSA) is 127 Å². The summed E-state index contributed by atoms with van der Waals surface area (Å²) in [6, 6.07) is 15.5. The predicted molar refractivity (Wildman–Crippen MR) is 151 cm³/mol. The summed E-state index contributed by atoms with van der Waals surface area (Å²) in [5.74, 6) is -0.999. The maximum Gasteiger partial charge on any atom is 0.410 e. The molecule has 1 amide bonds. The Morgan fingerprint density at radius 1 is 0.976 bits per heavy atom. The first kappa shape index (κ1) is 27.8. The van der Waals surface area contributed by atoms with Gasteiger partial charge in [-0.3, -0.25) is 9.36 Å². The van der Waals surface area contributed by atoms with Gasteiger partial charge in [-0.2, -0.15) is 0 Å². The second-order valence-corrected chi connectivity index (χ2v) is 11.0. The average molecular weight is 560 g/mol. The van der Waals surface area contributed by atoms with Gasteiger partial charge in [0.15, 0.2) is 11.5 Å². The highest BCUT2D eigenvalue weighted by Crippen LogP contribution is 2.45. The molecule has 1 aliphatic heterocycles. The van der Waals surface area contributed by atoms with Crippen molar-refractivity contribution in [2.45, 2.75) is 45.1 Å². The molecule has 3 heterocycles. The summed E-state index contributed by atoms with van der Waals surface area (Å²) in [5, 5.41) is 26.3. The first-order chi connectivity index (χ1) is 19.6. The number of rotatable bonds is 6. The zero-order valence-corrected chi connectivity index (χ0v) is 23.5. The van der Waals surface area contributed by atoms with Crippen molar-refractivity contribution in [2.24, 2.45) is 0 Å². The Bertz CT molecular complexity index is 1520. The molecule has 0 bridgehead atoms. The van der Waals surface area contributed by atoms with Gasteiger partial charge in [0.05, 0.1) is 12.7 Å². The van der Waals surface area contributed by atoms with Gasteiger partial charge in [0, 0.05) is 47.6 Å². The molecule has 0 saturated carbocycles. The molecule has 2 N–H and O–H groups in total. The van der Waals surface area contributed by atoms with Crippen LogP contribution < -0.4 is 4.74 Å². The molecule has 0 atom stereocenters. The molecule has 41 heavy (non-hydrogen) atoms. The van der Waals surface area contributed by atoms with Crippen LogP contribution in [0.3, 0.4) is 0 Å². The zero-order chi connectivity index (χ0) is 29.3. The van der Waals surface area contributed by atoms with E-state index in [1.807, 2.05) is 32.9 Å². The molecule has 10 heteroatoms. The van der Waals surface area contributed by atoms with E-state index in [1.165, 1.54) is 17.9 Å². The number of hydrogen-bond donors (Lipinski definition) is 2. The molecule has 1 aliphatic rings. The number of hydrogen-bond acceptors (Lipinski definition) is 8. The van der Waals surface area contributed by atoms with Crippen LogP contribution in [0, 0.1) is 0 Å². The van der Waals surface area contributed by atoms with Gasteiger partial charge < -0.3 is 29.1 Å². The van der Waals surface area contributed by atoms with Gasteiger partial charge in [0.25, 0.3) is 0 Å². The molecule has 5 rings (SSSR count). The van der Waals surface area contributed by atoms with E-state index in [9.17, 15) is 19.8 Å². The smallest absolute Gasteiger partial charge is 0.410 e. The van der Waals surface area contributed by atoms with E-state index in [-0.39, 0.29) is 11.5 Å². The van der Waals surface area contributed by atoms with E-state index >= 15 is 0 Å². The molecule has 0 radical (unpaired) electrons. The Labute approximate surface area is 237 Å². The lowest BCUT2D eigenvalue weighted by Gasteiger charge is -2.34. The lowest BCUT2D eigenvalue weighted by Crippen LogP contribution is -2.41. The Hall–Kier alpha value is -4.73. The van der Waals surface area contributed by atoms with Crippen LogP contribution in [0.15, 0.2) is 65.4 Å². The third-order valence-electron chi connectivity index (χ3n) is 7.13. The standard InChI is InChI=1S/C31H33N3O7/c1-31(2,3)41-30(38)33-16-13-20(14-17-33)26-25(27(35)21-7-11-23(39-4)12-8-21)28(36)29(37)34(26)22-9-5-19(6-10-22)24-15-18-40-32-24/h5-12,15,18,20,36-37H,13-14,16-17H2,1-4H3. The van der Waals surface area contributed by atoms with Crippen molar-refractivity contribution in [1.29, 1.82) is 0 Å². The van der Waals surface area contributed by atoms with Crippen molar-refractivity contribution >= 4 is 11.9 Å². The molecule has 0 aliphatic carbocycles. The van der Waals surface area contributed by atoms with Crippen LogP contribution in [0.25, 0.3) is 16.9 Å². The minimum Gasteiger partial charge on any atom is -0.503 e. The number of carbonyl (C=O) groups excluding carboxylic acids is 2. The van der Waals surface area contributed by atoms with E-state index < -0.39 is 29.1 Å². The molecule has 4 aromatic rings. The zero-order valence-electron chi connectivity index (χ0n) is 23.5. The summed E-state index contributed by atoms with van der Waals surface area (Å²) < 4.78 is 17.2. The molecule has 0 unspecified atom stereocenters. The highest BCUT2D eigenvalue weighted by atomic mass is 16.6. The van der Waals surface area contributed by atoms with Gasteiger partial charge in [-0.25, -0.2) is 4.79 Å². The van der Waals surface area contributed by atoms with E-state index in [4.69, 9.17) is 14.0 Å². The maximum absolute atomic E-state index is 13.8. The van der Waals surface area contributed by atoms with Gasteiger partial charge in [-0.1, -0.05) is 17.3 Å². The predicted octanol–water partition coefficient (Wildman–Crippen LogP) is 5.90. The van der Waals surface area contributed by atoms with Crippen LogP contribution in [-0.4, -0.2) is 62.5 Å². The molecular formula is C31H33N3O7. The average Bonchev–Trinajstić information content (AvgIpc) is 3.59. The van der Waals surface area contributed by atoms with Crippen LogP contribution in [-0.2, 0) is 4.74 Å². The fraction of sp³-hybridized carbons (Fsp3) is 0.323. The Balaban J connectivity index is 1.55. The van der Waals surface area contributed by atoms with Gasteiger partial charge >= 0.3 is 6.09 Å². The fourth-order valence-corrected chi connectivity index (χ4v) is 5.13. The van der Waals surface area contributed by atoms with E-state index in [1.54, 1.807) is 47.4 Å². The van der Waals surface area contributed by atoms with Gasteiger partial charge in [-0.15, -0.1) is 0 Å². The first-order valence-corrected chi connectivity index (χ1v) is 13.4. The van der Waals surface area contributed by atoms with Crippen LogP contribution in [0.4, 0.5) is 4.79 Å². The summed E-state index contributed by atoms with van der Waals surface area (Å²) in [6.45, 7) is 6.25. The first-order valence-electron chi connectivity index (χ1n) is 13.4. The summed E-state index contributed by atoms with van der Waals surface area (Å²) in [7, 11) is 1.54. The number of amides is 1. The molecule has 2 aromatic carbocycles. The molecule has 10 nitrogen and oxygen atoms in total. The largest absolute Gasteiger partial charge is 0.503 e. The van der Waals surface area contributed by atoms with E-state index in [0.717, 1.165) is 5.56 Å². The van der Waals surface area contributed by atoms with Crippen molar-refractivity contribution in [3.05, 3.63) is 77.7 Å².